The summed E-state index contributed by atoms with van der Waals surface area (Å²) in [6.45, 7) is 41.7. The SMILES string of the molecule is Cc1cc2c(cc1N1c3cc(N4c5ccc(C(C)(C)C)cc5C5(C)CCCCC45C)cc4c3B(c3cc5c(cc3N4c3cccc4c3sc3ccccc34)C(C)(C)CCC5(C)C)c3ccc4c(oc5ccc(C(C)(C)C)cc54)c31)C(C)(C)CCC2(C)C. The van der Waals surface area contributed by atoms with Crippen molar-refractivity contribution >= 4 is 122 Å². The molecule has 2 aromatic heterocycles. The smallest absolute Gasteiger partial charge is 0.252 e. The Bertz CT molecular complexity index is 4650. The van der Waals surface area contributed by atoms with E-state index in [0.717, 1.165) is 49.7 Å². The molecule has 16 rings (SSSR count). The molecule has 5 heterocycles. The van der Waals surface area contributed by atoms with Crippen LogP contribution in [0.4, 0.5) is 45.5 Å². The van der Waals surface area contributed by atoms with E-state index in [9.17, 15) is 0 Å². The van der Waals surface area contributed by atoms with Gasteiger partial charge >= 0.3 is 0 Å². The third-order valence-electron chi connectivity index (χ3n) is 23.8. The van der Waals surface area contributed by atoms with Crippen molar-refractivity contribution in [1.29, 1.82) is 0 Å². The maximum Gasteiger partial charge on any atom is 0.252 e. The molecule has 6 heteroatoms. The van der Waals surface area contributed by atoms with E-state index >= 15 is 0 Å². The Morgan fingerprint density at radius 1 is 0.460 bits per heavy atom. The third kappa shape index (κ3) is 7.61. The number of anilines is 8. The molecule has 8 aromatic carbocycles. The molecule has 3 aliphatic heterocycles. The van der Waals surface area contributed by atoms with Crippen molar-refractivity contribution in [1.82, 2.24) is 0 Å². The molecule has 0 N–H and O–H groups in total. The van der Waals surface area contributed by atoms with Gasteiger partial charge in [-0.2, -0.15) is 0 Å². The van der Waals surface area contributed by atoms with Crippen LogP contribution in [0, 0.1) is 6.92 Å². The van der Waals surface area contributed by atoms with Crippen LogP contribution in [-0.2, 0) is 37.9 Å². The van der Waals surface area contributed by atoms with Gasteiger partial charge in [-0.05, 0) is 200 Å². The molecule has 2 atom stereocenters. The second-order valence-electron chi connectivity index (χ2n) is 33.0. The fraction of sp³-hybridized carbons (Fsp3) is 0.407. The molecule has 0 saturated heterocycles. The molecule has 10 aromatic rings. The van der Waals surface area contributed by atoms with Crippen LogP contribution in [0.25, 0.3) is 42.1 Å². The van der Waals surface area contributed by atoms with Gasteiger partial charge in [0, 0.05) is 65.8 Å². The molecule has 1 fully saturated rings. The van der Waals surface area contributed by atoms with Gasteiger partial charge in [-0.3, -0.25) is 0 Å². The second-order valence-corrected chi connectivity index (χ2v) is 34.1. The number of benzene rings is 8. The zero-order valence-electron chi connectivity index (χ0n) is 55.0. The zero-order valence-corrected chi connectivity index (χ0v) is 55.8. The molecule has 442 valence electrons. The van der Waals surface area contributed by atoms with Crippen LogP contribution in [0.5, 0.6) is 0 Å². The van der Waals surface area contributed by atoms with Crippen molar-refractivity contribution < 1.29 is 4.42 Å². The van der Waals surface area contributed by atoms with Gasteiger partial charge in [-0.15, -0.1) is 11.3 Å². The lowest BCUT2D eigenvalue weighted by atomic mass is 9.33. The lowest BCUT2D eigenvalue weighted by Gasteiger charge is -2.51. The Labute approximate surface area is 522 Å². The molecule has 6 aliphatic rings. The highest BCUT2D eigenvalue weighted by Crippen LogP contribution is 2.63. The van der Waals surface area contributed by atoms with Crippen LogP contribution in [0.2, 0.25) is 0 Å². The van der Waals surface area contributed by atoms with Crippen LogP contribution in [0.3, 0.4) is 0 Å². The summed E-state index contributed by atoms with van der Waals surface area (Å²) in [5.41, 5.74) is 27.2. The van der Waals surface area contributed by atoms with Crippen LogP contribution in [-0.4, -0.2) is 12.3 Å². The Hall–Kier alpha value is -6.76. The van der Waals surface area contributed by atoms with Crippen LogP contribution >= 0.6 is 11.3 Å². The van der Waals surface area contributed by atoms with Gasteiger partial charge in [0.2, 0.25) is 0 Å². The Morgan fingerprint density at radius 2 is 1.06 bits per heavy atom. The number of aryl methyl sites for hydroxylation is 1. The first kappa shape index (κ1) is 55.5. The normalized spacial score (nSPS) is 22.1. The molecule has 4 nitrogen and oxygen atoms in total. The molecule has 0 amide bonds. The van der Waals surface area contributed by atoms with E-state index in [1.807, 2.05) is 11.3 Å². The summed E-state index contributed by atoms with van der Waals surface area (Å²) < 4.78 is 10.3. The largest absolute Gasteiger partial charge is 0.454 e. The van der Waals surface area contributed by atoms with E-state index < -0.39 is 0 Å². The van der Waals surface area contributed by atoms with Crippen molar-refractivity contribution in [2.75, 3.05) is 14.7 Å². The fourth-order valence-electron chi connectivity index (χ4n) is 17.9. The minimum Gasteiger partial charge on any atom is -0.454 e. The molecule has 0 bridgehead atoms. The standard InChI is InChI=1S/C81H88BN3OS/c1-47-39-55-57(78(12,13)37-35-76(55,8)9)45-64(47)84-67-43-50(85-62-31-27-49(75(5,6)7)41-59(62)80(16)33-20-21-34-81(80,85)17)42-66-70(67)82(60-30-29-52-54-40-48(74(2,3)4)28-32-68(54)86-72(52)71(60)84)61-44-56-58(79(14,15)38-36-77(56,10)11)46-65(61)83(66)63-25-22-24-53-51-23-18-19-26-69(51)87-73(53)63/h18-19,22-32,39-46H,20-21,33-38H2,1-17H3. The summed E-state index contributed by atoms with van der Waals surface area (Å²) in [6.07, 6.45) is 9.29. The quantitative estimate of drug-likeness (QED) is 0.164. The first-order valence-electron chi connectivity index (χ1n) is 33.0. The second kappa shape index (κ2) is 17.8. The first-order valence-corrected chi connectivity index (χ1v) is 33.8. The van der Waals surface area contributed by atoms with Gasteiger partial charge in [0.15, 0.2) is 5.58 Å². The summed E-state index contributed by atoms with van der Waals surface area (Å²) >= 11 is 1.95. The average molecular weight is 1160 g/mol. The van der Waals surface area contributed by atoms with E-state index in [4.69, 9.17) is 4.42 Å². The van der Waals surface area contributed by atoms with Crippen LogP contribution in [0.1, 0.15) is 207 Å². The molecular formula is C81H88BN3OS. The number of thiophene rings is 1. The molecule has 0 spiro atoms. The monoisotopic (exact) mass is 1160 g/mol. The molecule has 87 heavy (non-hydrogen) atoms. The lowest BCUT2D eigenvalue weighted by molar-refractivity contribution is 0.195. The van der Waals surface area contributed by atoms with Gasteiger partial charge in [-0.1, -0.05) is 189 Å². The molecule has 1 saturated carbocycles. The van der Waals surface area contributed by atoms with Crippen molar-refractivity contribution in [2.45, 2.75) is 213 Å². The van der Waals surface area contributed by atoms with E-state index in [2.05, 4.69) is 260 Å². The van der Waals surface area contributed by atoms with Crippen LogP contribution < -0.4 is 31.1 Å². The summed E-state index contributed by atoms with van der Waals surface area (Å²) in [7, 11) is 0. The van der Waals surface area contributed by atoms with Gasteiger partial charge in [0.05, 0.1) is 21.6 Å². The highest BCUT2D eigenvalue weighted by Gasteiger charge is 2.59. The molecule has 0 radical (unpaired) electrons. The minimum absolute atomic E-state index is 0.0140. The van der Waals surface area contributed by atoms with E-state index in [0.29, 0.717) is 0 Å². The Morgan fingerprint density at radius 3 is 1.75 bits per heavy atom. The number of furan rings is 1. The Kier molecular flexibility index (Phi) is 11.3. The highest BCUT2D eigenvalue weighted by molar-refractivity contribution is 7.26. The molecule has 3 aliphatic carbocycles. The predicted octanol–water partition coefficient (Wildman–Crippen LogP) is 21.4. The lowest BCUT2D eigenvalue weighted by Crippen LogP contribution is -2.62. The first-order chi connectivity index (χ1) is 41.0. The van der Waals surface area contributed by atoms with Gasteiger partial charge < -0.3 is 19.1 Å². The van der Waals surface area contributed by atoms with Crippen molar-refractivity contribution in [2.24, 2.45) is 0 Å². The van der Waals surface area contributed by atoms with E-state index in [1.54, 1.807) is 0 Å². The Balaban J connectivity index is 1.10. The van der Waals surface area contributed by atoms with Gasteiger partial charge in [0.1, 0.15) is 5.58 Å². The fourth-order valence-corrected chi connectivity index (χ4v) is 19.1. The summed E-state index contributed by atoms with van der Waals surface area (Å²) in [5.74, 6) is 0. The number of nitrogens with zero attached hydrogens (tertiary/aromatic N) is 3. The van der Waals surface area contributed by atoms with Gasteiger partial charge in [0.25, 0.3) is 6.71 Å². The topological polar surface area (TPSA) is 22.9 Å². The van der Waals surface area contributed by atoms with Gasteiger partial charge in [-0.25, -0.2) is 0 Å². The maximum atomic E-state index is 7.61. The summed E-state index contributed by atoms with van der Waals surface area (Å²) in [5, 5.41) is 5.00. The van der Waals surface area contributed by atoms with Crippen molar-refractivity contribution in [3.8, 4) is 0 Å². The van der Waals surface area contributed by atoms with Crippen molar-refractivity contribution in [3.63, 3.8) is 0 Å². The summed E-state index contributed by atoms with van der Waals surface area (Å²) in [6, 6.07) is 51.8. The molecule has 2 unspecified atom stereocenters. The average Bonchev–Trinajstić information content (AvgIpc) is 1.65. The van der Waals surface area contributed by atoms with Crippen molar-refractivity contribution in [3.05, 3.63) is 172 Å². The highest BCUT2D eigenvalue weighted by atomic mass is 32.1. The number of hydrogen-bond donors (Lipinski definition) is 0. The number of fused-ring (bicyclic) bond motifs is 16. The number of rotatable bonds is 3. The van der Waals surface area contributed by atoms with Crippen LogP contribution in [0.15, 0.2) is 132 Å². The zero-order chi connectivity index (χ0) is 60.8. The minimum atomic E-state index is -0.201. The predicted molar refractivity (Wildman–Crippen MR) is 376 cm³/mol. The third-order valence-corrected chi connectivity index (χ3v) is 25.0. The molecular weight excluding hydrogens is 1070 g/mol. The van der Waals surface area contributed by atoms with E-state index in [1.165, 1.54) is 150 Å². The summed E-state index contributed by atoms with van der Waals surface area (Å²) in [4.78, 5) is 8.42. The maximum absolute atomic E-state index is 7.61. The van der Waals surface area contributed by atoms with E-state index in [-0.39, 0.29) is 50.2 Å². The number of hydrogen-bond acceptors (Lipinski definition) is 5.